The lowest BCUT2D eigenvalue weighted by molar-refractivity contribution is -0.141. The minimum Gasteiger partial charge on any atom is -0.465 e. The average molecular weight is 610 g/mol. The minimum absolute atomic E-state index is 0.167. The predicted molar refractivity (Wildman–Crippen MR) is 137 cm³/mol. The Bertz CT molecular complexity index is 1540. The number of sulfone groups is 1. The predicted octanol–water partition coefficient (Wildman–Crippen LogP) is 6.52. The molecule has 0 bridgehead atoms. The van der Waals surface area contributed by atoms with E-state index in [0.29, 0.717) is 15.9 Å². The molecular weight excluding hydrogens is 584 g/mol. The largest absolute Gasteiger partial charge is 0.465 e. The van der Waals surface area contributed by atoms with Gasteiger partial charge in [0.05, 0.1) is 22.9 Å². The normalized spacial score (nSPS) is 17.5. The van der Waals surface area contributed by atoms with E-state index >= 15 is 0 Å². The van der Waals surface area contributed by atoms with Crippen molar-refractivity contribution in [2.24, 2.45) is 5.41 Å². The number of carbonyl (C=O) groups is 1. The lowest BCUT2D eigenvalue weighted by Gasteiger charge is -2.46. The standard InChI is InChI=1S/C25H25F6N3O4S2/c1-23(2,3)19-12-33(8-9-34(19)22(35)36)21-16-11-20(39-18(16)6-7-32-21)40(37,38)13-14-10-15(24(26,27)28)4-5-17(14)25(29,30)31/h4-7,10-11,19H,8-9,12-13H2,1-3H3,(H,35,36). The van der Waals surface area contributed by atoms with E-state index in [1.807, 2.05) is 25.7 Å². The van der Waals surface area contributed by atoms with E-state index in [4.69, 9.17) is 0 Å². The fourth-order valence-corrected chi connectivity index (χ4v) is 7.54. The van der Waals surface area contributed by atoms with E-state index in [1.165, 1.54) is 23.2 Å². The summed E-state index contributed by atoms with van der Waals surface area (Å²) in [6.45, 7) is 6.37. The first-order chi connectivity index (χ1) is 18.3. The van der Waals surface area contributed by atoms with Crippen molar-refractivity contribution in [3.63, 3.8) is 0 Å². The van der Waals surface area contributed by atoms with Crippen molar-refractivity contribution < 1.29 is 44.7 Å². The number of benzene rings is 1. The smallest absolute Gasteiger partial charge is 0.416 e. The zero-order chi connectivity index (χ0) is 29.8. The van der Waals surface area contributed by atoms with Gasteiger partial charge in [0.25, 0.3) is 0 Å². The number of thiophene rings is 1. The Kier molecular flexibility index (Phi) is 7.54. The summed E-state index contributed by atoms with van der Waals surface area (Å²) in [5.74, 6) is -0.908. The van der Waals surface area contributed by atoms with Gasteiger partial charge in [0.2, 0.25) is 0 Å². The summed E-state index contributed by atoms with van der Waals surface area (Å²) in [6, 6.07) is 3.10. The Morgan fingerprint density at radius 1 is 1.05 bits per heavy atom. The molecule has 1 aliphatic heterocycles. The zero-order valence-corrected chi connectivity index (χ0v) is 23.1. The third kappa shape index (κ3) is 5.99. The second-order valence-electron chi connectivity index (χ2n) is 10.5. The van der Waals surface area contributed by atoms with Crippen LogP contribution in [0, 0.1) is 5.41 Å². The monoisotopic (exact) mass is 609 g/mol. The number of amides is 1. The number of nitrogens with zero attached hydrogens (tertiary/aromatic N) is 3. The number of rotatable bonds is 4. The molecule has 1 aromatic carbocycles. The second kappa shape index (κ2) is 10.1. The second-order valence-corrected chi connectivity index (χ2v) is 13.8. The highest BCUT2D eigenvalue weighted by Gasteiger charge is 2.40. The highest BCUT2D eigenvalue weighted by molar-refractivity contribution is 7.92. The van der Waals surface area contributed by atoms with Crippen molar-refractivity contribution in [2.75, 3.05) is 24.5 Å². The Labute approximate surface area is 229 Å². The van der Waals surface area contributed by atoms with Gasteiger partial charge < -0.3 is 14.9 Å². The molecule has 1 N–H and O–H groups in total. The Balaban J connectivity index is 1.72. The van der Waals surface area contributed by atoms with E-state index in [0.717, 1.165) is 11.3 Å². The van der Waals surface area contributed by atoms with Crippen molar-refractivity contribution in [1.82, 2.24) is 9.88 Å². The van der Waals surface area contributed by atoms with Crippen molar-refractivity contribution in [3.05, 3.63) is 53.2 Å². The van der Waals surface area contributed by atoms with Gasteiger partial charge in [-0.1, -0.05) is 20.8 Å². The molecule has 1 fully saturated rings. The van der Waals surface area contributed by atoms with Gasteiger partial charge >= 0.3 is 18.4 Å². The average Bonchev–Trinajstić information content (AvgIpc) is 3.27. The first-order valence-corrected chi connectivity index (χ1v) is 14.4. The van der Waals surface area contributed by atoms with Crippen molar-refractivity contribution in [1.29, 1.82) is 0 Å². The van der Waals surface area contributed by atoms with Crippen molar-refractivity contribution >= 4 is 43.2 Å². The number of hydrogen-bond donors (Lipinski definition) is 1. The molecule has 0 saturated carbocycles. The molecule has 2 aromatic heterocycles. The molecule has 218 valence electrons. The molecule has 15 heteroatoms. The van der Waals surface area contributed by atoms with Gasteiger partial charge in [-0.15, -0.1) is 11.3 Å². The third-order valence-corrected chi connectivity index (χ3v) is 10.0. The summed E-state index contributed by atoms with van der Waals surface area (Å²) in [6.07, 6.45) is -9.65. The van der Waals surface area contributed by atoms with Crippen LogP contribution in [0.4, 0.5) is 37.0 Å². The maximum atomic E-state index is 13.5. The van der Waals surface area contributed by atoms with Crippen LogP contribution in [-0.2, 0) is 27.9 Å². The maximum absolute atomic E-state index is 13.5. The number of pyridine rings is 1. The van der Waals surface area contributed by atoms with Gasteiger partial charge in [-0.3, -0.25) is 0 Å². The van der Waals surface area contributed by atoms with Crippen molar-refractivity contribution in [2.45, 2.75) is 49.1 Å². The van der Waals surface area contributed by atoms with Crippen LogP contribution >= 0.6 is 11.3 Å². The lowest BCUT2D eigenvalue weighted by atomic mass is 9.84. The van der Waals surface area contributed by atoms with E-state index in [9.17, 15) is 44.7 Å². The molecule has 0 spiro atoms. The van der Waals surface area contributed by atoms with Crippen LogP contribution in [0.1, 0.15) is 37.5 Å². The van der Waals surface area contributed by atoms with Gasteiger partial charge in [0.15, 0.2) is 9.84 Å². The molecule has 1 saturated heterocycles. The molecule has 3 aromatic rings. The van der Waals surface area contributed by atoms with Crippen LogP contribution in [0.25, 0.3) is 10.1 Å². The molecular formula is C25H25F6N3O4S2. The van der Waals surface area contributed by atoms with Crippen molar-refractivity contribution in [3.8, 4) is 0 Å². The zero-order valence-electron chi connectivity index (χ0n) is 21.5. The molecule has 40 heavy (non-hydrogen) atoms. The van der Waals surface area contributed by atoms with Crippen LogP contribution in [0.5, 0.6) is 0 Å². The first-order valence-electron chi connectivity index (χ1n) is 11.9. The van der Waals surface area contributed by atoms with Gasteiger partial charge in [-0.25, -0.2) is 18.2 Å². The van der Waals surface area contributed by atoms with E-state index in [-0.39, 0.29) is 42.0 Å². The van der Waals surface area contributed by atoms with Crippen LogP contribution in [0.2, 0.25) is 0 Å². The maximum Gasteiger partial charge on any atom is 0.416 e. The number of piperazine rings is 1. The summed E-state index contributed by atoms with van der Waals surface area (Å²) >= 11 is 0.774. The fourth-order valence-electron chi connectivity index (χ4n) is 4.72. The molecule has 0 radical (unpaired) electrons. The number of hydrogen-bond acceptors (Lipinski definition) is 6. The fraction of sp³-hybridized carbons (Fsp3) is 0.440. The third-order valence-electron chi connectivity index (χ3n) is 6.72. The van der Waals surface area contributed by atoms with Gasteiger partial charge in [0.1, 0.15) is 10.0 Å². The van der Waals surface area contributed by atoms with Gasteiger partial charge in [-0.2, -0.15) is 26.3 Å². The number of carboxylic acid groups (broad SMARTS) is 1. The molecule has 0 aliphatic carbocycles. The van der Waals surface area contributed by atoms with Crippen LogP contribution in [-0.4, -0.2) is 55.2 Å². The summed E-state index contributed by atoms with van der Waals surface area (Å²) in [4.78, 5) is 19.3. The number of aromatic nitrogens is 1. The van der Waals surface area contributed by atoms with Crippen LogP contribution < -0.4 is 4.90 Å². The van der Waals surface area contributed by atoms with Gasteiger partial charge in [0, 0.05) is 35.9 Å². The highest BCUT2D eigenvalue weighted by atomic mass is 32.2. The Hall–Kier alpha value is -3.07. The molecule has 1 atom stereocenters. The van der Waals surface area contributed by atoms with Crippen LogP contribution in [0.3, 0.4) is 0 Å². The topological polar surface area (TPSA) is 90.8 Å². The molecule has 7 nitrogen and oxygen atoms in total. The highest BCUT2D eigenvalue weighted by Crippen LogP contribution is 2.40. The SMILES string of the molecule is CC(C)(C)C1CN(c2nccc3sc(S(=O)(=O)Cc4cc(C(F)(F)F)ccc4C(F)(F)F)cc23)CCN1C(=O)O. The summed E-state index contributed by atoms with van der Waals surface area (Å²) in [5, 5.41) is 10.0. The van der Waals surface area contributed by atoms with E-state index in [1.54, 1.807) is 0 Å². The summed E-state index contributed by atoms with van der Waals surface area (Å²) in [7, 11) is -4.50. The molecule has 1 aliphatic rings. The van der Waals surface area contributed by atoms with E-state index in [2.05, 4.69) is 4.98 Å². The first kappa shape index (κ1) is 29.9. The summed E-state index contributed by atoms with van der Waals surface area (Å²) in [5.41, 5.74) is -4.29. The number of halogens is 6. The molecule has 1 amide bonds. The van der Waals surface area contributed by atoms with E-state index < -0.39 is 62.2 Å². The summed E-state index contributed by atoms with van der Waals surface area (Å²) < 4.78 is 107. The quantitative estimate of drug-likeness (QED) is 0.339. The van der Waals surface area contributed by atoms with Gasteiger partial charge in [-0.05, 0) is 41.3 Å². The molecule has 3 heterocycles. The number of anilines is 1. The lowest BCUT2D eigenvalue weighted by Crippen LogP contribution is -2.59. The minimum atomic E-state index is -5.06. The number of fused-ring (bicyclic) bond motifs is 1. The molecule has 4 rings (SSSR count). The van der Waals surface area contributed by atoms with Crippen LogP contribution in [0.15, 0.2) is 40.7 Å². The number of alkyl halides is 6. The Morgan fingerprint density at radius 3 is 2.30 bits per heavy atom. The molecule has 1 unspecified atom stereocenters. The Morgan fingerprint density at radius 2 is 1.73 bits per heavy atom.